The Labute approximate surface area is 112 Å². The average Bonchev–Trinajstić information content (AvgIpc) is 2.42. The molecule has 0 heteroatoms. The fourth-order valence-corrected chi connectivity index (χ4v) is 2.09. The average molecular weight is 240 g/mol. The van der Waals surface area contributed by atoms with Gasteiger partial charge in [0.25, 0.3) is 0 Å². The minimum absolute atomic E-state index is 1.11. The molecule has 1 aromatic rings. The Morgan fingerprint density at radius 3 is 2.17 bits per heavy atom. The molecule has 0 aliphatic carbocycles. The van der Waals surface area contributed by atoms with Gasteiger partial charge < -0.3 is 0 Å². The van der Waals surface area contributed by atoms with Crippen LogP contribution in [0.3, 0.4) is 0 Å². The lowest BCUT2D eigenvalue weighted by molar-refractivity contribution is 0.819. The van der Waals surface area contributed by atoms with E-state index in [-0.39, 0.29) is 0 Å². The van der Waals surface area contributed by atoms with Crippen molar-refractivity contribution in [3.63, 3.8) is 0 Å². The van der Waals surface area contributed by atoms with E-state index in [1.165, 1.54) is 24.8 Å². The van der Waals surface area contributed by atoms with Crippen molar-refractivity contribution < 1.29 is 0 Å². The van der Waals surface area contributed by atoms with Gasteiger partial charge in [-0.05, 0) is 31.4 Å². The van der Waals surface area contributed by atoms with E-state index in [1.54, 1.807) is 5.57 Å². The number of hydrogen-bond donors (Lipinski definition) is 0. The Morgan fingerprint density at radius 1 is 0.944 bits per heavy atom. The third-order valence-corrected chi connectivity index (χ3v) is 3.04. The van der Waals surface area contributed by atoms with Gasteiger partial charge in [-0.15, -0.1) is 0 Å². The summed E-state index contributed by atoms with van der Waals surface area (Å²) in [4.78, 5) is 0. The van der Waals surface area contributed by atoms with E-state index in [4.69, 9.17) is 0 Å². The van der Waals surface area contributed by atoms with Crippen LogP contribution < -0.4 is 0 Å². The van der Waals surface area contributed by atoms with Crippen molar-refractivity contribution in [2.75, 3.05) is 0 Å². The van der Waals surface area contributed by atoms with Gasteiger partial charge in [-0.1, -0.05) is 69.2 Å². The van der Waals surface area contributed by atoms with Crippen LogP contribution >= 0.6 is 0 Å². The van der Waals surface area contributed by atoms with E-state index in [2.05, 4.69) is 44.7 Å². The zero-order valence-corrected chi connectivity index (χ0v) is 11.9. The molecule has 1 rings (SSSR count). The lowest BCUT2D eigenvalue weighted by atomic mass is 9.98. The minimum atomic E-state index is 1.11. The first-order valence-corrected chi connectivity index (χ1v) is 7.09. The van der Waals surface area contributed by atoms with Crippen molar-refractivity contribution in [2.24, 2.45) is 0 Å². The van der Waals surface area contributed by atoms with Crippen LogP contribution in [0, 0.1) is 11.8 Å². The standard InChI is InChI=1S/C18H24/c1-4-10-17(6-3)18(11-5-2)15-14-16-12-8-7-9-13-16/h7-9,12-13H,4-6,10-11H2,1-3H3/b18-17+. The second-order valence-corrected chi connectivity index (χ2v) is 4.55. The van der Waals surface area contributed by atoms with Crippen LogP contribution in [0.4, 0.5) is 0 Å². The molecule has 0 aliphatic heterocycles. The molecule has 18 heavy (non-hydrogen) atoms. The summed E-state index contributed by atoms with van der Waals surface area (Å²) in [5, 5.41) is 0. The lowest BCUT2D eigenvalue weighted by Gasteiger charge is -2.07. The van der Waals surface area contributed by atoms with Gasteiger partial charge in [-0.3, -0.25) is 0 Å². The van der Waals surface area contributed by atoms with E-state index in [1.807, 2.05) is 18.2 Å². The van der Waals surface area contributed by atoms with Gasteiger partial charge in [0.15, 0.2) is 0 Å². The Kier molecular flexibility index (Phi) is 6.96. The van der Waals surface area contributed by atoms with Gasteiger partial charge in [-0.2, -0.15) is 0 Å². The van der Waals surface area contributed by atoms with Crippen molar-refractivity contribution >= 4 is 0 Å². The first-order valence-electron chi connectivity index (χ1n) is 7.09. The molecular formula is C18H24. The summed E-state index contributed by atoms with van der Waals surface area (Å²) in [6.45, 7) is 6.71. The van der Waals surface area contributed by atoms with Gasteiger partial charge in [-0.25, -0.2) is 0 Å². The highest BCUT2D eigenvalue weighted by molar-refractivity contribution is 5.42. The van der Waals surface area contributed by atoms with Gasteiger partial charge >= 0.3 is 0 Å². The SMILES string of the molecule is CCC/C(C#Cc1ccccc1)=C(/CC)CCC. The molecule has 0 aliphatic rings. The van der Waals surface area contributed by atoms with Crippen molar-refractivity contribution in [3.05, 3.63) is 47.0 Å². The Bertz CT molecular complexity index is 426. The molecule has 0 aromatic heterocycles. The molecule has 0 N–H and O–H groups in total. The quantitative estimate of drug-likeness (QED) is 0.609. The predicted molar refractivity (Wildman–Crippen MR) is 80.5 cm³/mol. The summed E-state index contributed by atoms with van der Waals surface area (Å²) in [6, 6.07) is 10.3. The fraction of sp³-hybridized carbons (Fsp3) is 0.444. The predicted octanol–water partition coefficient (Wildman–Crippen LogP) is 5.34. The number of benzene rings is 1. The maximum atomic E-state index is 3.40. The third-order valence-electron chi connectivity index (χ3n) is 3.04. The first-order chi connectivity index (χ1) is 8.81. The van der Waals surface area contributed by atoms with E-state index < -0.39 is 0 Å². The van der Waals surface area contributed by atoms with Gasteiger partial charge in [0.2, 0.25) is 0 Å². The molecule has 1 aromatic carbocycles. The monoisotopic (exact) mass is 240 g/mol. The van der Waals surface area contributed by atoms with Crippen molar-refractivity contribution in [1.29, 1.82) is 0 Å². The third kappa shape index (κ3) is 4.80. The fourth-order valence-electron chi connectivity index (χ4n) is 2.09. The van der Waals surface area contributed by atoms with Gasteiger partial charge in [0, 0.05) is 11.1 Å². The van der Waals surface area contributed by atoms with Crippen LogP contribution in [0.5, 0.6) is 0 Å². The highest BCUT2D eigenvalue weighted by Gasteiger charge is 2.01. The molecule has 0 nitrogen and oxygen atoms in total. The van der Waals surface area contributed by atoms with Crippen LogP contribution in [0.25, 0.3) is 0 Å². The summed E-state index contributed by atoms with van der Waals surface area (Å²) in [5.74, 6) is 6.70. The van der Waals surface area contributed by atoms with E-state index in [0.29, 0.717) is 0 Å². The first kappa shape index (κ1) is 14.6. The molecule has 0 spiro atoms. The number of rotatable bonds is 5. The normalized spacial score (nSPS) is 11.5. The molecule has 0 radical (unpaired) electrons. The largest absolute Gasteiger partial charge is 0.0662 e. The minimum Gasteiger partial charge on any atom is -0.0662 e. The molecule has 0 bridgehead atoms. The molecule has 0 unspecified atom stereocenters. The molecule has 0 saturated carbocycles. The van der Waals surface area contributed by atoms with Gasteiger partial charge in [0.05, 0.1) is 0 Å². The molecule has 0 saturated heterocycles. The topological polar surface area (TPSA) is 0 Å². The highest BCUT2D eigenvalue weighted by Crippen LogP contribution is 2.18. The van der Waals surface area contributed by atoms with Crippen molar-refractivity contribution in [1.82, 2.24) is 0 Å². The molecule has 0 fully saturated rings. The number of hydrogen-bond acceptors (Lipinski definition) is 0. The van der Waals surface area contributed by atoms with Crippen LogP contribution in [-0.4, -0.2) is 0 Å². The van der Waals surface area contributed by atoms with Crippen LogP contribution in [0.1, 0.15) is 58.4 Å². The second-order valence-electron chi connectivity index (χ2n) is 4.55. The molecule has 0 atom stereocenters. The maximum Gasteiger partial charge on any atom is 0.0248 e. The van der Waals surface area contributed by atoms with Crippen LogP contribution in [-0.2, 0) is 0 Å². The maximum absolute atomic E-state index is 3.40. The van der Waals surface area contributed by atoms with E-state index in [0.717, 1.165) is 18.4 Å². The smallest absolute Gasteiger partial charge is 0.0248 e. The van der Waals surface area contributed by atoms with Crippen molar-refractivity contribution in [3.8, 4) is 11.8 Å². The molecule has 0 amide bonds. The lowest BCUT2D eigenvalue weighted by Crippen LogP contribution is -1.90. The summed E-state index contributed by atoms with van der Waals surface area (Å²) in [5.41, 5.74) is 4.02. The van der Waals surface area contributed by atoms with Gasteiger partial charge in [0.1, 0.15) is 0 Å². The number of allylic oxidation sites excluding steroid dienone is 2. The van der Waals surface area contributed by atoms with Crippen molar-refractivity contribution in [2.45, 2.75) is 52.9 Å². The summed E-state index contributed by atoms with van der Waals surface area (Å²) < 4.78 is 0. The highest BCUT2D eigenvalue weighted by atomic mass is 14.1. The summed E-state index contributed by atoms with van der Waals surface area (Å²) in [7, 11) is 0. The summed E-state index contributed by atoms with van der Waals surface area (Å²) >= 11 is 0. The molecule has 0 heterocycles. The Hall–Kier alpha value is -1.48. The zero-order chi connectivity index (χ0) is 13.2. The zero-order valence-electron chi connectivity index (χ0n) is 11.9. The van der Waals surface area contributed by atoms with E-state index >= 15 is 0 Å². The van der Waals surface area contributed by atoms with Crippen LogP contribution in [0.2, 0.25) is 0 Å². The Balaban J connectivity index is 2.96. The molecule has 96 valence electrons. The second kappa shape index (κ2) is 8.59. The molecular weight excluding hydrogens is 216 g/mol. The van der Waals surface area contributed by atoms with Crippen LogP contribution in [0.15, 0.2) is 41.5 Å². The Morgan fingerprint density at radius 2 is 1.61 bits per heavy atom. The summed E-state index contributed by atoms with van der Waals surface area (Å²) in [6.07, 6.45) is 5.82. The van der Waals surface area contributed by atoms with E-state index in [9.17, 15) is 0 Å².